The maximum absolute atomic E-state index is 12.8. The summed E-state index contributed by atoms with van der Waals surface area (Å²) in [6.07, 6.45) is 7.43. The topological polar surface area (TPSA) is 30.2 Å². The van der Waals surface area contributed by atoms with Gasteiger partial charge in [-0.3, -0.25) is 4.79 Å². The summed E-state index contributed by atoms with van der Waals surface area (Å²) in [5, 5.41) is 0. The molecule has 4 bridgehead atoms. The lowest BCUT2D eigenvalue weighted by atomic mass is 9.48. The Balaban J connectivity index is 1.69. The smallest absolute Gasteiger partial charge is 0.204 e. The number of hydrogen-bond donors (Lipinski definition) is 0. The predicted molar refractivity (Wildman–Crippen MR) is 71.3 cm³/mol. The summed E-state index contributed by atoms with van der Waals surface area (Å²) in [6.45, 7) is 0. The van der Waals surface area contributed by atoms with Gasteiger partial charge in [-0.2, -0.15) is 0 Å². The highest BCUT2D eigenvalue weighted by Gasteiger charge is 2.55. The Kier molecular flexibility index (Phi) is 2.33. The Morgan fingerprint density at radius 2 is 1.67 bits per heavy atom. The van der Waals surface area contributed by atoms with Gasteiger partial charge in [-0.1, -0.05) is 0 Å². The summed E-state index contributed by atoms with van der Waals surface area (Å²) >= 11 is 3.29. The molecule has 3 heteroatoms. The molecule has 0 atom stereocenters. The van der Waals surface area contributed by atoms with Gasteiger partial charge in [-0.15, -0.1) is 0 Å². The quantitative estimate of drug-likeness (QED) is 0.756. The zero-order chi connectivity index (χ0) is 12.3. The van der Waals surface area contributed by atoms with Crippen molar-refractivity contribution in [1.29, 1.82) is 0 Å². The van der Waals surface area contributed by atoms with Gasteiger partial charge in [0.25, 0.3) is 0 Å². The molecule has 2 nitrogen and oxygen atoms in total. The normalized spacial score (nSPS) is 41.3. The third-order valence-electron chi connectivity index (χ3n) is 5.32. The summed E-state index contributed by atoms with van der Waals surface area (Å²) in [7, 11) is 0. The highest BCUT2D eigenvalue weighted by molar-refractivity contribution is 9.10. The number of furan rings is 1. The Bertz CT molecular complexity index is 467. The maximum Gasteiger partial charge on any atom is 0.204 e. The summed E-state index contributed by atoms with van der Waals surface area (Å²) < 4.78 is 6.16. The van der Waals surface area contributed by atoms with Crippen molar-refractivity contribution in [3.05, 3.63) is 22.6 Å². The molecule has 5 rings (SSSR count). The van der Waals surface area contributed by atoms with E-state index < -0.39 is 0 Å². The van der Waals surface area contributed by atoms with Gasteiger partial charge < -0.3 is 4.42 Å². The van der Waals surface area contributed by atoms with Crippen LogP contribution in [0.5, 0.6) is 0 Å². The second-order valence-corrected chi connectivity index (χ2v) is 7.41. The van der Waals surface area contributed by atoms with E-state index in [4.69, 9.17) is 4.42 Å². The molecule has 1 aromatic heterocycles. The molecule has 18 heavy (non-hydrogen) atoms. The van der Waals surface area contributed by atoms with Crippen LogP contribution in [0.15, 0.2) is 21.2 Å². The fraction of sp³-hybridized carbons (Fsp3) is 0.667. The maximum atomic E-state index is 12.8. The van der Waals surface area contributed by atoms with E-state index in [-0.39, 0.29) is 11.2 Å². The van der Waals surface area contributed by atoms with Crippen molar-refractivity contribution in [3.63, 3.8) is 0 Å². The lowest BCUT2D eigenvalue weighted by molar-refractivity contribution is -0.0365. The van der Waals surface area contributed by atoms with Gasteiger partial charge in [0.05, 0.1) is 0 Å². The first kappa shape index (κ1) is 11.3. The van der Waals surface area contributed by atoms with E-state index in [0.29, 0.717) is 10.4 Å². The Labute approximate surface area is 115 Å². The van der Waals surface area contributed by atoms with Gasteiger partial charge in [0.1, 0.15) is 0 Å². The van der Waals surface area contributed by atoms with Crippen molar-refractivity contribution in [3.8, 4) is 0 Å². The number of carbonyl (C=O) groups is 1. The number of halogens is 1. The van der Waals surface area contributed by atoms with Crippen molar-refractivity contribution in [1.82, 2.24) is 0 Å². The lowest BCUT2D eigenvalue weighted by Crippen LogP contribution is -2.49. The van der Waals surface area contributed by atoms with Crippen LogP contribution in [-0.2, 0) is 0 Å². The number of carbonyl (C=O) groups excluding carboxylic acids is 1. The van der Waals surface area contributed by atoms with Crippen LogP contribution in [0.4, 0.5) is 0 Å². The standard InChI is InChI=1S/C15H17BrO2/c16-13-2-1-12(18-13)14(17)15-6-9-3-10(7-15)5-11(4-9)8-15/h1-2,9-11H,3-8H2. The minimum atomic E-state index is -0.0773. The van der Waals surface area contributed by atoms with Crippen LogP contribution < -0.4 is 0 Å². The molecule has 4 fully saturated rings. The Morgan fingerprint density at radius 3 is 2.11 bits per heavy atom. The molecule has 0 saturated heterocycles. The van der Waals surface area contributed by atoms with E-state index in [1.807, 2.05) is 12.1 Å². The molecule has 0 aliphatic heterocycles. The molecule has 0 aromatic carbocycles. The highest BCUT2D eigenvalue weighted by Crippen LogP contribution is 2.61. The average molecular weight is 309 g/mol. The molecule has 0 N–H and O–H groups in total. The fourth-order valence-corrected chi connectivity index (χ4v) is 5.39. The fourth-order valence-electron chi connectivity index (χ4n) is 5.09. The molecule has 0 radical (unpaired) electrons. The number of rotatable bonds is 2. The average Bonchev–Trinajstić information content (AvgIpc) is 2.73. The minimum Gasteiger partial charge on any atom is -0.446 e. The molecule has 1 heterocycles. The molecular formula is C15H17BrO2. The molecule has 1 aromatic rings. The van der Waals surface area contributed by atoms with Crippen LogP contribution in [0, 0.1) is 23.2 Å². The van der Waals surface area contributed by atoms with E-state index in [2.05, 4.69) is 15.9 Å². The van der Waals surface area contributed by atoms with Crippen molar-refractivity contribution in [2.75, 3.05) is 0 Å². The van der Waals surface area contributed by atoms with Crippen LogP contribution in [0.3, 0.4) is 0 Å². The van der Waals surface area contributed by atoms with Crippen LogP contribution in [-0.4, -0.2) is 5.78 Å². The second-order valence-electron chi connectivity index (χ2n) is 6.63. The first-order chi connectivity index (χ1) is 8.64. The van der Waals surface area contributed by atoms with E-state index in [9.17, 15) is 4.79 Å². The lowest BCUT2D eigenvalue weighted by Gasteiger charge is -2.55. The van der Waals surface area contributed by atoms with Crippen LogP contribution in [0.2, 0.25) is 0 Å². The first-order valence-electron chi connectivity index (χ1n) is 6.95. The third-order valence-corrected chi connectivity index (χ3v) is 5.74. The molecule has 4 saturated carbocycles. The molecule has 96 valence electrons. The zero-order valence-electron chi connectivity index (χ0n) is 10.3. The third kappa shape index (κ3) is 1.56. The Hall–Kier alpha value is -0.570. The molecule has 0 unspecified atom stereocenters. The van der Waals surface area contributed by atoms with Crippen molar-refractivity contribution in [2.24, 2.45) is 23.2 Å². The monoisotopic (exact) mass is 308 g/mol. The van der Waals surface area contributed by atoms with Crippen molar-refractivity contribution >= 4 is 21.7 Å². The number of ketones is 1. The zero-order valence-corrected chi connectivity index (χ0v) is 11.9. The molecule has 4 aliphatic carbocycles. The van der Waals surface area contributed by atoms with Crippen molar-refractivity contribution < 1.29 is 9.21 Å². The van der Waals surface area contributed by atoms with Crippen LogP contribution in [0.1, 0.15) is 49.1 Å². The Morgan fingerprint density at radius 1 is 1.11 bits per heavy atom. The predicted octanol–water partition coefficient (Wildman–Crippen LogP) is 4.44. The molecule has 4 aliphatic rings. The van der Waals surface area contributed by atoms with Gasteiger partial charge in [0.15, 0.2) is 10.4 Å². The molecular weight excluding hydrogens is 292 g/mol. The second kappa shape index (κ2) is 3.72. The van der Waals surface area contributed by atoms with E-state index in [1.165, 1.54) is 19.3 Å². The van der Waals surface area contributed by atoms with Gasteiger partial charge in [0, 0.05) is 5.41 Å². The van der Waals surface area contributed by atoms with E-state index in [1.54, 1.807) is 0 Å². The molecule has 0 amide bonds. The van der Waals surface area contributed by atoms with Gasteiger partial charge in [0.2, 0.25) is 5.78 Å². The van der Waals surface area contributed by atoms with Gasteiger partial charge >= 0.3 is 0 Å². The summed E-state index contributed by atoms with van der Waals surface area (Å²) in [5.41, 5.74) is -0.0773. The first-order valence-corrected chi connectivity index (χ1v) is 7.74. The van der Waals surface area contributed by atoms with E-state index >= 15 is 0 Å². The summed E-state index contributed by atoms with van der Waals surface area (Å²) in [5.74, 6) is 3.24. The largest absolute Gasteiger partial charge is 0.446 e. The van der Waals surface area contributed by atoms with Crippen LogP contribution >= 0.6 is 15.9 Å². The van der Waals surface area contributed by atoms with E-state index in [0.717, 1.165) is 37.0 Å². The summed E-state index contributed by atoms with van der Waals surface area (Å²) in [4.78, 5) is 12.8. The SMILES string of the molecule is O=C(c1ccc(Br)o1)C12CC3CC(CC(C3)C1)C2. The minimum absolute atomic E-state index is 0.0773. The van der Waals surface area contributed by atoms with Crippen molar-refractivity contribution in [2.45, 2.75) is 38.5 Å². The highest BCUT2D eigenvalue weighted by atomic mass is 79.9. The van der Waals surface area contributed by atoms with Gasteiger partial charge in [-0.25, -0.2) is 0 Å². The number of Topliss-reactive ketones (excluding diaryl/α,β-unsaturated/α-hetero) is 1. The van der Waals surface area contributed by atoms with Crippen LogP contribution in [0.25, 0.3) is 0 Å². The summed E-state index contributed by atoms with van der Waals surface area (Å²) in [6, 6.07) is 3.65. The molecule has 0 spiro atoms. The number of hydrogen-bond acceptors (Lipinski definition) is 2. The van der Waals surface area contributed by atoms with Gasteiger partial charge in [-0.05, 0) is 84.3 Å².